The zero-order valence-electron chi connectivity index (χ0n) is 11.3. The normalized spacial score (nSPS) is 18.4. The van der Waals surface area contributed by atoms with E-state index in [1.54, 1.807) is 30.0 Å². The second-order valence-electron chi connectivity index (χ2n) is 5.24. The molecule has 1 fully saturated rings. The summed E-state index contributed by atoms with van der Waals surface area (Å²) in [5.41, 5.74) is 0.722. The molecule has 0 bridgehead atoms. The number of benzene rings is 1. The number of alkyl halides is 1. The molecule has 2 rings (SSSR count). The summed E-state index contributed by atoms with van der Waals surface area (Å²) in [5.74, 6) is 0.0387. The molecule has 1 heterocycles. The van der Waals surface area contributed by atoms with Crippen LogP contribution in [0, 0.1) is 18.7 Å². The van der Waals surface area contributed by atoms with E-state index in [0.717, 1.165) is 12.8 Å². The van der Waals surface area contributed by atoms with Crippen molar-refractivity contribution in [3.63, 3.8) is 0 Å². The number of hydrogen-bond acceptors (Lipinski definition) is 1. The van der Waals surface area contributed by atoms with Crippen molar-refractivity contribution < 1.29 is 9.18 Å². The number of halogens is 2. The summed E-state index contributed by atoms with van der Waals surface area (Å²) in [6.07, 6.45) is 1.96. The number of carbonyl (C=O) groups is 1. The summed E-state index contributed by atoms with van der Waals surface area (Å²) in [5, 5.41) is 0. The topological polar surface area (TPSA) is 20.3 Å². The van der Waals surface area contributed by atoms with Crippen molar-refractivity contribution in [1.29, 1.82) is 0 Å². The van der Waals surface area contributed by atoms with Crippen molar-refractivity contribution in [2.45, 2.75) is 31.5 Å². The van der Waals surface area contributed by atoms with Crippen molar-refractivity contribution in [3.05, 3.63) is 35.1 Å². The number of carbonyl (C=O) groups excluding carboxylic acids is 1. The molecule has 0 aromatic heterocycles. The average molecular weight is 328 g/mol. The smallest absolute Gasteiger partial charge is 0.256 e. The second-order valence-corrected chi connectivity index (χ2v) is 6.69. The van der Waals surface area contributed by atoms with Gasteiger partial charge >= 0.3 is 0 Å². The van der Waals surface area contributed by atoms with Gasteiger partial charge in [-0.15, -0.1) is 0 Å². The molecular formula is C15H19BrFNO. The summed E-state index contributed by atoms with van der Waals surface area (Å²) >= 11 is 3.60. The molecule has 1 aromatic rings. The van der Waals surface area contributed by atoms with Gasteiger partial charge in [-0.25, -0.2) is 4.39 Å². The Morgan fingerprint density at radius 3 is 2.63 bits per heavy atom. The van der Waals surface area contributed by atoms with Crippen LogP contribution in [0.2, 0.25) is 0 Å². The van der Waals surface area contributed by atoms with E-state index >= 15 is 0 Å². The third-order valence-electron chi connectivity index (χ3n) is 3.90. The maximum atomic E-state index is 14.0. The van der Waals surface area contributed by atoms with Crippen molar-refractivity contribution in [2.75, 3.05) is 13.1 Å². The standard InChI is InChI=1S/C15H19BrFNO/c1-10-4-3-5-13(14(10)17)15(19)18-8-6-12(7-9-18)11(2)16/h3-5,11-12H,6-9H2,1-2H3. The summed E-state index contributed by atoms with van der Waals surface area (Å²) in [6.45, 7) is 5.26. The van der Waals surface area contributed by atoms with Gasteiger partial charge in [0.15, 0.2) is 0 Å². The molecule has 0 radical (unpaired) electrons. The average Bonchev–Trinajstić information content (AvgIpc) is 2.41. The Morgan fingerprint density at radius 2 is 2.05 bits per heavy atom. The van der Waals surface area contributed by atoms with Crippen molar-refractivity contribution in [3.8, 4) is 0 Å². The molecule has 1 aliphatic rings. The Morgan fingerprint density at radius 1 is 1.42 bits per heavy atom. The zero-order valence-corrected chi connectivity index (χ0v) is 12.9. The van der Waals surface area contributed by atoms with Gasteiger partial charge < -0.3 is 4.90 Å². The van der Waals surface area contributed by atoms with Crippen LogP contribution in [0.15, 0.2) is 18.2 Å². The molecule has 4 heteroatoms. The number of piperidine rings is 1. The van der Waals surface area contributed by atoms with Crippen LogP contribution in [0.1, 0.15) is 35.7 Å². The fourth-order valence-corrected chi connectivity index (χ4v) is 3.07. The van der Waals surface area contributed by atoms with Crippen LogP contribution >= 0.6 is 15.9 Å². The van der Waals surface area contributed by atoms with Crippen LogP contribution in [0.4, 0.5) is 4.39 Å². The summed E-state index contributed by atoms with van der Waals surface area (Å²) in [4.78, 5) is 14.6. The molecule has 1 atom stereocenters. The molecule has 1 aromatic carbocycles. The van der Waals surface area contributed by atoms with E-state index < -0.39 is 0 Å². The van der Waals surface area contributed by atoms with Crippen LogP contribution in [0.5, 0.6) is 0 Å². The third-order valence-corrected chi connectivity index (χ3v) is 4.65. The predicted molar refractivity (Wildman–Crippen MR) is 78.2 cm³/mol. The Balaban J connectivity index is 2.07. The van der Waals surface area contributed by atoms with Crippen molar-refractivity contribution in [2.24, 2.45) is 5.92 Å². The first kappa shape index (κ1) is 14.5. The molecule has 1 aliphatic heterocycles. The lowest BCUT2D eigenvalue weighted by Gasteiger charge is -2.33. The monoisotopic (exact) mass is 327 g/mol. The van der Waals surface area contributed by atoms with Crippen LogP contribution in [0.3, 0.4) is 0 Å². The van der Waals surface area contributed by atoms with Gasteiger partial charge in [-0.05, 0) is 37.3 Å². The molecule has 104 valence electrons. The largest absolute Gasteiger partial charge is 0.339 e. The van der Waals surface area contributed by atoms with Gasteiger partial charge in [-0.2, -0.15) is 0 Å². The third kappa shape index (κ3) is 3.16. The molecular weight excluding hydrogens is 309 g/mol. The number of nitrogens with zero attached hydrogens (tertiary/aromatic N) is 1. The lowest BCUT2D eigenvalue weighted by Crippen LogP contribution is -2.40. The summed E-state index contributed by atoms with van der Waals surface area (Å²) < 4.78 is 14.0. The summed E-state index contributed by atoms with van der Waals surface area (Å²) in [7, 11) is 0. The molecule has 1 unspecified atom stereocenters. The van der Waals surface area contributed by atoms with Gasteiger partial charge in [0.25, 0.3) is 5.91 Å². The number of amides is 1. The highest BCUT2D eigenvalue weighted by molar-refractivity contribution is 9.09. The first-order valence-corrected chi connectivity index (χ1v) is 7.60. The minimum absolute atomic E-state index is 0.179. The van der Waals surface area contributed by atoms with E-state index in [-0.39, 0.29) is 17.3 Å². The number of hydrogen-bond donors (Lipinski definition) is 0. The Hall–Kier alpha value is -0.900. The van der Waals surface area contributed by atoms with E-state index in [9.17, 15) is 9.18 Å². The van der Waals surface area contributed by atoms with E-state index in [2.05, 4.69) is 22.9 Å². The minimum atomic E-state index is -0.386. The van der Waals surface area contributed by atoms with Gasteiger partial charge in [0.2, 0.25) is 0 Å². The van der Waals surface area contributed by atoms with E-state index in [0.29, 0.717) is 29.4 Å². The van der Waals surface area contributed by atoms with Crippen LogP contribution in [0.25, 0.3) is 0 Å². The molecule has 0 N–H and O–H groups in total. The molecule has 0 saturated carbocycles. The molecule has 2 nitrogen and oxygen atoms in total. The Labute approximate surface area is 122 Å². The van der Waals surface area contributed by atoms with Gasteiger partial charge in [-0.3, -0.25) is 4.79 Å². The number of aryl methyl sites for hydroxylation is 1. The lowest BCUT2D eigenvalue weighted by molar-refractivity contribution is 0.0686. The maximum Gasteiger partial charge on any atom is 0.256 e. The fourth-order valence-electron chi connectivity index (χ4n) is 2.54. The second kappa shape index (κ2) is 6.04. The minimum Gasteiger partial charge on any atom is -0.339 e. The first-order valence-electron chi connectivity index (χ1n) is 6.69. The zero-order chi connectivity index (χ0) is 14.0. The molecule has 0 spiro atoms. The Bertz CT molecular complexity index is 467. The highest BCUT2D eigenvalue weighted by atomic mass is 79.9. The van der Waals surface area contributed by atoms with E-state index in [1.165, 1.54) is 0 Å². The molecule has 19 heavy (non-hydrogen) atoms. The maximum absolute atomic E-state index is 14.0. The fraction of sp³-hybridized carbons (Fsp3) is 0.533. The quantitative estimate of drug-likeness (QED) is 0.757. The van der Waals surface area contributed by atoms with Gasteiger partial charge in [0.05, 0.1) is 5.56 Å². The predicted octanol–water partition coefficient (Wildman–Crippen LogP) is 3.77. The highest BCUT2D eigenvalue weighted by Crippen LogP contribution is 2.26. The van der Waals surface area contributed by atoms with E-state index in [1.807, 2.05) is 0 Å². The van der Waals surface area contributed by atoms with Crippen LogP contribution < -0.4 is 0 Å². The van der Waals surface area contributed by atoms with Crippen molar-refractivity contribution in [1.82, 2.24) is 4.90 Å². The van der Waals surface area contributed by atoms with Gasteiger partial charge in [0.1, 0.15) is 5.82 Å². The van der Waals surface area contributed by atoms with Gasteiger partial charge in [0, 0.05) is 17.9 Å². The van der Waals surface area contributed by atoms with Crippen LogP contribution in [-0.2, 0) is 0 Å². The molecule has 0 aliphatic carbocycles. The highest BCUT2D eigenvalue weighted by Gasteiger charge is 2.27. The van der Waals surface area contributed by atoms with E-state index in [4.69, 9.17) is 0 Å². The number of rotatable bonds is 2. The summed E-state index contributed by atoms with van der Waals surface area (Å²) in [6, 6.07) is 4.99. The number of likely N-dealkylation sites (tertiary alicyclic amines) is 1. The Kier molecular flexibility index (Phi) is 4.61. The lowest BCUT2D eigenvalue weighted by atomic mass is 9.94. The van der Waals surface area contributed by atoms with Crippen molar-refractivity contribution >= 4 is 21.8 Å². The molecule has 1 amide bonds. The van der Waals surface area contributed by atoms with Gasteiger partial charge in [-0.1, -0.05) is 35.0 Å². The first-order chi connectivity index (χ1) is 9.00. The SMILES string of the molecule is Cc1cccc(C(=O)N2CCC(C(C)Br)CC2)c1F. The van der Waals surface area contributed by atoms with Crippen LogP contribution in [-0.4, -0.2) is 28.7 Å². The molecule has 1 saturated heterocycles.